The molecule has 2 heterocycles. The van der Waals surface area contributed by atoms with E-state index >= 15 is 0 Å². The van der Waals surface area contributed by atoms with Crippen molar-refractivity contribution in [3.63, 3.8) is 0 Å². The molecular weight excluding hydrogens is 509 g/mol. The van der Waals surface area contributed by atoms with Crippen LogP contribution in [0.1, 0.15) is 32.6 Å². The number of carbonyl (C=O) groups excluding carboxylic acids is 2. The number of hydrogen-bond donors (Lipinski definition) is 1. The first-order chi connectivity index (χ1) is 18.4. The van der Waals surface area contributed by atoms with Gasteiger partial charge < -0.3 is 14.6 Å². The summed E-state index contributed by atoms with van der Waals surface area (Å²) < 4.78 is 19.6. The minimum atomic E-state index is -0.435. The third kappa shape index (κ3) is 7.32. The lowest BCUT2D eigenvalue weighted by Crippen LogP contribution is -2.29. The predicted octanol–water partition coefficient (Wildman–Crippen LogP) is 3.16. The van der Waals surface area contributed by atoms with Crippen LogP contribution in [0.2, 0.25) is 0 Å². The molecule has 0 aliphatic carbocycles. The van der Waals surface area contributed by atoms with Gasteiger partial charge in [-0.05, 0) is 41.0 Å². The number of amides is 1. The zero-order valence-electron chi connectivity index (χ0n) is 20.5. The van der Waals surface area contributed by atoms with Gasteiger partial charge in [0.15, 0.2) is 5.16 Å². The fourth-order valence-corrected chi connectivity index (χ4v) is 4.45. The monoisotopic (exact) mass is 533 g/mol. The van der Waals surface area contributed by atoms with Gasteiger partial charge in [0.2, 0.25) is 5.91 Å². The Kier molecular flexibility index (Phi) is 8.94. The number of carbonyl (C=O) groups is 2. The summed E-state index contributed by atoms with van der Waals surface area (Å²) in [5, 5.41) is 3.21. The molecule has 2 aromatic heterocycles. The van der Waals surface area contributed by atoms with E-state index in [0.717, 1.165) is 16.7 Å². The first-order valence-electron chi connectivity index (χ1n) is 11.6. The van der Waals surface area contributed by atoms with Gasteiger partial charge in [0, 0.05) is 42.9 Å². The van der Waals surface area contributed by atoms with Gasteiger partial charge in [0.05, 0.1) is 12.7 Å². The van der Waals surface area contributed by atoms with Crippen molar-refractivity contribution >= 4 is 23.6 Å². The van der Waals surface area contributed by atoms with Gasteiger partial charge in [-0.1, -0.05) is 36.0 Å². The van der Waals surface area contributed by atoms with Crippen molar-refractivity contribution in [2.45, 2.75) is 30.4 Å². The molecule has 1 N–H and O–H groups in total. The fourth-order valence-electron chi connectivity index (χ4n) is 3.53. The van der Waals surface area contributed by atoms with E-state index in [1.54, 1.807) is 59.6 Å². The number of nitrogens with one attached hydrogen (secondary N) is 1. The van der Waals surface area contributed by atoms with Crippen LogP contribution in [0.5, 0.6) is 0 Å². The van der Waals surface area contributed by atoms with Crippen molar-refractivity contribution in [1.82, 2.24) is 24.8 Å². The third-order valence-corrected chi connectivity index (χ3v) is 6.56. The number of hydrogen-bond acceptors (Lipinski definition) is 8. The summed E-state index contributed by atoms with van der Waals surface area (Å²) >= 11 is 1.28. The Morgan fingerprint density at radius 2 is 1.68 bits per heavy atom. The second-order valence-corrected chi connectivity index (χ2v) is 9.23. The van der Waals surface area contributed by atoms with E-state index in [2.05, 4.69) is 20.3 Å². The Balaban J connectivity index is 1.50. The third-order valence-electron chi connectivity index (χ3n) is 5.50. The highest BCUT2D eigenvalue weighted by Gasteiger charge is 2.14. The lowest BCUT2D eigenvalue weighted by atomic mass is 10.1. The number of ether oxygens (including phenoxy) is 1. The zero-order chi connectivity index (χ0) is 26.9. The molecule has 0 fully saturated rings. The predicted molar refractivity (Wildman–Crippen MR) is 139 cm³/mol. The molecule has 38 heavy (non-hydrogen) atoms. The molecule has 0 spiro atoms. The standard InChI is InChI=1S/C27H24FN5O4S/c1-37-26(36)21-6-2-18(3-7-21)13-31-24(34)15-33-14-22(10-20-11-29-17-30-12-20)25(35)32-27(33)38-16-19-4-8-23(28)9-5-19/h2-9,11-12,14,17H,10,13,15-16H2,1H3,(H,31,34). The van der Waals surface area contributed by atoms with Crippen LogP contribution >= 0.6 is 11.8 Å². The van der Waals surface area contributed by atoms with Crippen molar-refractivity contribution < 1.29 is 18.7 Å². The molecule has 4 aromatic rings. The van der Waals surface area contributed by atoms with E-state index in [1.807, 2.05) is 0 Å². The first-order valence-corrected chi connectivity index (χ1v) is 12.6. The number of nitrogens with zero attached hydrogens (tertiary/aromatic N) is 4. The van der Waals surface area contributed by atoms with Gasteiger partial charge in [-0.3, -0.25) is 9.59 Å². The molecule has 0 saturated heterocycles. The van der Waals surface area contributed by atoms with Crippen LogP contribution in [0.15, 0.2) is 83.4 Å². The van der Waals surface area contributed by atoms with E-state index in [0.29, 0.717) is 22.0 Å². The normalized spacial score (nSPS) is 10.7. The van der Waals surface area contributed by atoms with Crippen LogP contribution in [0.25, 0.3) is 0 Å². The van der Waals surface area contributed by atoms with Gasteiger partial charge in [0.25, 0.3) is 5.56 Å². The second kappa shape index (κ2) is 12.7. The molecule has 11 heteroatoms. The van der Waals surface area contributed by atoms with E-state index in [4.69, 9.17) is 4.74 Å². The summed E-state index contributed by atoms with van der Waals surface area (Å²) in [6, 6.07) is 12.8. The molecule has 0 aliphatic heterocycles. The largest absolute Gasteiger partial charge is 0.465 e. The lowest BCUT2D eigenvalue weighted by Gasteiger charge is -2.14. The average Bonchev–Trinajstić information content (AvgIpc) is 2.94. The average molecular weight is 534 g/mol. The van der Waals surface area contributed by atoms with Crippen LogP contribution in [0.3, 0.4) is 0 Å². The van der Waals surface area contributed by atoms with Crippen molar-refractivity contribution in [3.05, 3.63) is 117 Å². The molecule has 2 aromatic carbocycles. The zero-order valence-corrected chi connectivity index (χ0v) is 21.3. The smallest absolute Gasteiger partial charge is 0.337 e. The summed E-state index contributed by atoms with van der Waals surface area (Å²) in [5.74, 6) is -0.619. The Morgan fingerprint density at radius 3 is 2.37 bits per heavy atom. The van der Waals surface area contributed by atoms with Crippen LogP contribution in [0.4, 0.5) is 4.39 Å². The Morgan fingerprint density at radius 1 is 1.00 bits per heavy atom. The molecule has 0 aliphatic rings. The molecule has 0 atom stereocenters. The van der Waals surface area contributed by atoms with Gasteiger partial charge in [-0.15, -0.1) is 0 Å². The molecule has 194 valence electrons. The van der Waals surface area contributed by atoms with Crippen LogP contribution < -0.4 is 10.9 Å². The molecular formula is C27H24FN5O4S. The Hall–Kier alpha value is -4.38. The summed E-state index contributed by atoms with van der Waals surface area (Å²) in [4.78, 5) is 49.4. The molecule has 0 radical (unpaired) electrons. The van der Waals surface area contributed by atoms with Gasteiger partial charge >= 0.3 is 5.97 Å². The van der Waals surface area contributed by atoms with E-state index in [1.165, 1.54) is 37.3 Å². The molecule has 0 bridgehead atoms. The molecule has 0 saturated carbocycles. The number of rotatable bonds is 10. The van der Waals surface area contributed by atoms with E-state index in [-0.39, 0.29) is 31.2 Å². The second-order valence-electron chi connectivity index (χ2n) is 8.29. The van der Waals surface area contributed by atoms with E-state index < -0.39 is 11.5 Å². The maximum absolute atomic E-state index is 13.3. The topological polar surface area (TPSA) is 116 Å². The molecule has 1 amide bonds. The maximum atomic E-state index is 13.3. The minimum absolute atomic E-state index is 0.0719. The van der Waals surface area contributed by atoms with Crippen molar-refractivity contribution in [3.8, 4) is 0 Å². The van der Waals surface area contributed by atoms with Gasteiger partial charge in [-0.25, -0.2) is 19.2 Å². The number of aromatic nitrogens is 4. The first kappa shape index (κ1) is 26.7. The summed E-state index contributed by atoms with van der Waals surface area (Å²) in [6.45, 7) is 0.178. The fraction of sp³-hybridized carbons (Fsp3) is 0.185. The van der Waals surface area contributed by atoms with E-state index in [9.17, 15) is 18.8 Å². The summed E-state index contributed by atoms with van der Waals surface area (Å²) in [5.41, 5.74) is 2.81. The molecule has 9 nitrogen and oxygen atoms in total. The number of benzene rings is 2. The number of thioether (sulfide) groups is 1. The number of methoxy groups -OCH3 is 1. The van der Waals surface area contributed by atoms with Crippen LogP contribution in [-0.2, 0) is 34.8 Å². The maximum Gasteiger partial charge on any atom is 0.337 e. The minimum Gasteiger partial charge on any atom is -0.465 e. The summed E-state index contributed by atoms with van der Waals surface area (Å²) in [7, 11) is 1.31. The molecule has 0 unspecified atom stereocenters. The number of esters is 1. The lowest BCUT2D eigenvalue weighted by molar-refractivity contribution is -0.122. The summed E-state index contributed by atoms with van der Waals surface area (Å²) in [6.07, 6.45) is 6.53. The van der Waals surface area contributed by atoms with Crippen molar-refractivity contribution in [2.24, 2.45) is 0 Å². The quantitative estimate of drug-likeness (QED) is 0.188. The SMILES string of the molecule is COC(=O)c1ccc(CNC(=O)Cn2cc(Cc3cncnc3)c(=O)nc2SCc2ccc(F)cc2)cc1. The van der Waals surface area contributed by atoms with Crippen molar-refractivity contribution in [2.75, 3.05) is 7.11 Å². The Bertz CT molecular complexity index is 1460. The van der Waals surface area contributed by atoms with Gasteiger partial charge in [-0.2, -0.15) is 4.98 Å². The highest BCUT2D eigenvalue weighted by Crippen LogP contribution is 2.21. The van der Waals surface area contributed by atoms with Gasteiger partial charge in [0.1, 0.15) is 18.7 Å². The molecule has 4 rings (SSSR count). The Labute approximate surface area is 222 Å². The highest BCUT2D eigenvalue weighted by molar-refractivity contribution is 7.98. The van der Waals surface area contributed by atoms with Crippen LogP contribution in [-0.4, -0.2) is 38.5 Å². The highest BCUT2D eigenvalue weighted by atomic mass is 32.2. The number of halogens is 1. The van der Waals surface area contributed by atoms with Crippen molar-refractivity contribution in [1.29, 1.82) is 0 Å². The van der Waals surface area contributed by atoms with Crippen LogP contribution in [0, 0.1) is 5.82 Å².